The summed E-state index contributed by atoms with van der Waals surface area (Å²) in [6.07, 6.45) is 4.31. The van der Waals surface area contributed by atoms with Crippen LogP contribution in [0.4, 0.5) is 0 Å². The molecule has 2 heteroatoms. The molecule has 0 aromatic heterocycles. The third-order valence-electron chi connectivity index (χ3n) is 6.62. The molecule has 1 heterocycles. The molecule has 23 heavy (non-hydrogen) atoms. The van der Waals surface area contributed by atoms with Crippen LogP contribution in [0.5, 0.6) is 0 Å². The van der Waals surface area contributed by atoms with Gasteiger partial charge >= 0.3 is 0 Å². The summed E-state index contributed by atoms with van der Waals surface area (Å²) in [5.41, 5.74) is 1.53. The lowest BCUT2D eigenvalue weighted by molar-refractivity contribution is -0.140. The predicted octanol–water partition coefficient (Wildman–Crippen LogP) is 5.57. The Morgan fingerprint density at radius 3 is 2.26 bits per heavy atom. The molecule has 8 atom stereocenters. The molecule has 0 spiro atoms. The van der Waals surface area contributed by atoms with E-state index in [1.807, 2.05) is 0 Å². The van der Waals surface area contributed by atoms with Gasteiger partial charge in [-0.15, -0.1) is 0 Å². The second kappa shape index (κ2) is 8.67. The van der Waals surface area contributed by atoms with Crippen LogP contribution >= 0.6 is 0 Å². The fourth-order valence-electron chi connectivity index (χ4n) is 4.36. The molecule has 0 N–H and O–H groups in total. The van der Waals surface area contributed by atoms with Crippen molar-refractivity contribution in [1.82, 2.24) is 0 Å². The number of hydrogen-bond acceptors (Lipinski definition) is 2. The number of ether oxygens (including phenoxy) is 2. The van der Waals surface area contributed by atoms with Crippen LogP contribution in [0.15, 0.2) is 11.6 Å². The predicted molar refractivity (Wildman–Crippen MR) is 99.6 cm³/mol. The first kappa shape index (κ1) is 20.7. The second-order valence-corrected chi connectivity index (χ2v) is 8.16. The van der Waals surface area contributed by atoms with Crippen molar-refractivity contribution in [3.63, 3.8) is 0 Å². The van der Waals surface area contributed by atoms with Gasteiger partial charge in [0.05, 0.1) is 18.8 Å². The quantitative estimate of drug-likeness (QED) is 0.629. The van der Waals surface area contributed by atoms with Crippen molar-refractivity contribution in [3.05, 3.63) is 11.6 Å². The van der Waals surface area contributed by atoms with Crippen LogP contribution in [-0.4, -0.2) is 25.4 Å². The summed E-state index contributed by atoms with van der Waals surface area (Å²) in [7, 11) is 0. The minimum atomic E-state index is 0. The van der Waals surface area contributed by atoms with Crippen molar-refractivity contribution in [2.45, 2.75) is 74.5 Å². The maximum Gasteiger partial charge on any atom is 0.0603 e. The lowest BCUT2D eigenvalue weighted by atomic mass is 9.75. The van der Waals surface area contributed by atoms with Crippen molar-refractivity contribution in [2.75, 3.05) is 13.2 Å². The summed E-state index contributed by atoms with van der Waals surface area (Å²) in [4.78, 5) is 0. The summed E-state index contributed by atoms with van der Waals surface area (Å²) in [5, 5.41) is 0. The van der Waals surface area contributed by atoms with Crippen LogP contribution in [0.25, 0.3) is 0 Å². The van der Waals surface area contributed by atoms with Gasteiger partial charge in [-0.25, -0.2) is 0 Å². The topological polar surface area (TPSA) is 18.5 Å². The van der Waals surface area contributed by atoms with Crippen LogP contribution in [-0.2, 0) is 9.47 Å². The van der Waals surface area contributed by atoms with E-state index in [0.717, 1.165) is 19.1 Å². The standard InChI is InChI=1S/C20H36O2.CH4/c1-12-8-13(2)14(3)19(9-12)10-21-11-20-16(5)15(4)17(6)22-18(20)7;/h8,13-20H,9-11H2,1-7H3;1H4. The minimum absolute atomic E-state index is 0. The Kier molecular flexibility index (Phi) is 7.80. The molecular weight excluding hydrogens is 284 g/mol. The van der Waals surface area contributed by atoms with Gasteiger partial charge in [-0.05, 0) is 56.8 Å². The maximum atomic E-state index is 6.20. The first-order valence-electron chi connectivity index (χ1n) is 9.21. The molecule has 136 valence electrons. The highest BCUT2D eigenvalue weighted by Crippen LogP contribution is 2.36. The highest BCUT2D eigenvalue weighted by molar-refractivity contribution is 5.08. The Bertz CT molecular complexity index is 389. The van der Waals surface area contributed by atoms with Crippen molar-refractivity contribution in [3.8, 4) is 0 Å². The average molecular weight is 325 g/mol. The lowest BCUT2D eigenvalue weighted by Crippen LogP contribution is -2.45. The minimum Gasteiger partial charge on any atom is -0.381 e. The van der Waals surface area contributed by atoms with Crippen LogP contribution in [0.2, 0.25) is 0 Å². The normalized spacial score (nSPS) is 44.4. The molecule has 0 bridgehead atoms. The summed E-state index contributed by atoms with van der Waals surface area (Å²) in [6, 6.07) is 0. The molecule has 2 aliphatic rings. The molecular formula is C21H40O2. The number of rotatable bonds is 4. The van der Waals surface area contributed by atoms with E-state index >= 15 is 0 Å². The van der Waals surface area contributed by atoms with E-state index in [-0.39, 0.29) is 7.43 Å². The number of hydrogen-bond donors (Lipinski definition) is 0. The Labute approximate surface area is 145 Å². The van der Waals surface area contributed by atoms with E-state index in [9.17, 15) is 0 Å². The first-order valence-corrected chi connectivity index (χ1v) is 9.21. The van der Waals surface area contributed by atoms with E-state index in [2.05, 4.69) is 54.5 Å². The van der Waals surface area contributed by atoms with E-state index in [1.54, 1.807) is 0 Å². The molecule has 1 aliphatic heterocycles. The van der Waals surface area contributed by atoms with Gasteiger partial charge in [0.15, 0.2) is 0 Å². The molecule has 2 rings (SSSR count). The maximum absolute atomic E-state index is 6.20. The van der Waals surface area contributed by atoms with Gasteiger partial charge in [0.25, 0.3) is 0 Å². The monoisotopic (exact) mass is 324 g/mol. The van der Waals surface area contributed by atoms with Crippen LogP contribution < -0.4 is 0 Å². The fraction of sp³-hybridized carbons (Fsp3) is 0.905. The van der Waals surface area contributed by atoms with Gasteiger partial charge in [0.1, 0.15) is 0 Å². The molecule has 1 fully saturated rings. The smallest absolute Gasteiger partial charge is 0.0603 e. The van der Waals surface area contributed by atoms with E-state index < -0.39 is 0 Å². The number of allylic oxidation sites excluding steroid dienone is 2. The zero-order valence-corrected chi connectivity index (χ0v) is 15.6. The zero-order valence-electron chi connectivity index (χ0n) is 15.6. The summed E-state index contributed by atoms with van der Waals surface area (Å²) in [6.45, 7) is 17.8. The molecule has 0 saturated carbocycles. The largest absolute Gasteiger partial charge is 0.381 e. The molecule has 2 nitrogen and oxygen atoms in total. The Morgan fingerprint density at radius 2 is 1.61 bits per heavy atom. The third kappa shape index (κ3) is 4.82. The molecule has 1 saturated heterocycles. The van der Waals surface area contributed by atoms with Gasteiger partial charge < -0.3 is 9.47 Å². The zero-order chi connectivity index (χ0) is 16.4. The van der Waals surface area contributed by atoms with E-state index in [1.165, 1.54) is 12.0 Å². The Balaban J connectivity index is 0.00000264. The molecule has 0 aromatic rings. The summed E-state index contributed by atoms with van der Waals surface area (Å²) < 4.78 is 12.3. The molecule has 8 unspecified atom stereocenters. The third-order valence-corrected chi connectivity index (χ3v) is 6.62. The van der Waals surface area contributed by atoms with Crippen LogP contribution in [0.3, 0.4) is 0 Å². The lowest BCUT2D eigenvalue weighted by Gasteiger charge is -2.43. The van der Waals surface area contributed by atoms with Crippen molar-refractivity contribution >= 4 is 0 Å². The van der Waals surface area contributed by atoms with Crippen molar-refractivity contribution < 1.29 is 9.47 Å². The fourth-order valence-corrected chi connectivity index (χ4v) is 4.36. The van der Waals surface area contributed by atoms with Gasteiger partial charge in [-0.3, -0.25) is 0 Å². The Morgan fingerprint density at radius 1 is 0.957 bits per heavy atom. The van der Waals surface area contributed by atoms with E-state index in [0.29, 0.717) is 41.8 Å². The van der Waals surface area contributed by atoms with Crippen molar-refractivity contribution in [2.24, 2.45) is 35.5 Å². The van der Waals surface area contributed by atoms with E-state index in [4.69, 9.17) is 9.47 Å². The highest BCUT2D eigenvalue weighted by atomic mass is 16.5. The summed E-state index contributed by atoms with van der Waals surface area (Å²) >= 11 is 0. The van der Waals surface area contributed by atoms with Crippen LogP contribution in [0, 0.1) is 35.5 Å². The molecule has 0 radical (unpaired) electrons. The molecule has 0 amide bonds. The average Bonchev–Trinajstić information content (AvgIpc) is 2.45. The highest BCUT2D eigenvalue weighted by Gasteiger charge is 2.37. The van der Waals surface area contributed by atoms with Gasteiger partial charge in [0, 0.05) is 12.5 Å². The van der Waals surface area contributed by atoms with Gasteiger partial charge in [-0.1, -0.05) is 46.8 Å². The Hall–Kier alpha value is -0.340. The SMILES string of the molecule is C.CC1=CC(C)C(C)C(COCC2C(C)OC(C)C(C)C2C)C1. The van der Waals surface area contributed by atoms with Crippen LogP contribution in [0.1, 0.15) is 62.3 Å². The second-order valence-electron chi connectivity index (χ2n) is 8.16. The molecule has 1 aliphatic carbocycles. The summed E-state index contributed by atoms with van der Waals surface area (Å²) in [5.74, 6) is 3.89. The van der Waals surface area contributed by atoms with Gasteiger partial charge in [-0.2, -0.15) is 0 Å². The van der Waals surface area contributed by atoms with Gasteiger partial charge in [0.2, 0.25) is 0 Å². The van der Waals surface area contributed by atoms with Crippen molar-refractivity contribution in [1.29, 1.82) is 0 Å². The molecule has 0 aromatic carbocycles. The first-order chi connectivity index (χ1) is 10.3.